The second-order valence-electron chi connectivity index (χ2n) is 7.71. The van der Waals surface area contributed by atoms with Gasteiger partial charge in [0.15, 0.2) is 5.17 Å². The van der Waals surface area contributed by atoms with Gasteiger partial charge in [-0.25, -0.2) is 9.38 Å². The average molecular weight is 515 g/mol. The van der Waals surface area contributed by atoms with Crippen molar-refractivity contribution in [3.63, 3.8) is 0 Å². The van der Waals surface area contributed by atoms with Crippen molar-refractivity contribution in [1.29, 1.82) is 0 Å². The molecule has 1 saturated carbocycles. The lowest BCUT2D eigenvalue weighted by molar-refractivity contribution is -0.124. The molecule has 2 aliphatic rings. The number of carbonyl (C=O) groups is 1. The Kier molecular flexibility index (Phi) is 7.48. The van der Waals surface area contributed by atoms with Crippen molar-refractivity contribution in [2.75, 3.05) is 6.61 Å². The molecule has 4 rings (SSSR count). The van der Waals surface area contributed by atoms with E-state index in [1.165, 1.54) is 24.2 Å². The minimum atomic E-state index is -0.402. The molecular weight excluding hydrogens is 491 g/mol. The number of para-hydroxylation sites is 1. The first-order chi connectivity index (χ1) is 15.6. The third kappa shape index (κ3) is 5.15. The normalized spacial score (nSPS) is 19.7. The Balaban J connectivity index is 1.73. The molecule has 2 fully saturated rings. The van der Waals surface area contributed by atoms with Gasteiger partial charge in [0.25, 0.3) is 5.91 Å². The van der Waals surface area contributed by atoms with Crippen LogP contribution in [0.25, 0.3) is 6.08 Å². The molecule has 32 heavy (non-hydrogen) atoms. The number of carbonyl (C=O) groups excluding carboxylic acids is 1. The van der Waals surface area contributed by atoms with Gasteiger partial charge in [-0.1, -0.05) is 60.0 Å². The summed E-state index contributed by atoms with van der Waals surface area (Å²) in [6.07, 6.45) is 8.71. The first-order valence-electron chi connectivity index (χ1n) is 10.7. The Morgan fingerprint density at radius 3 is 2.75 bits per heavy atom. The summed E-state index contributed by atoms with van der Waals surface area (Å²) in [7, 11) is 0. The van der Waals surface area contributed by atoms with Crippen LogP contribution in [-0.2, 0) is 4.79 Å². The lowest BCUT2D eigenvalue weighted by Gasteiger charge is -2.30. The summed E-state index contributed by atoms with van der Waals surface area (Å²) in [5.41, 5.74) is 1.02. The van der Waals surface area contributed by atoms with Gasteiger partial charge >= 0.3 is 0 Å². The number of nitrogens with zero attached hydrogens (tertiary/aromatic N) is 2. The molecule has 0 spiro atoms. The molecule has 1 aliphatic heterocycles. The van der Waals surface area contributed by atoms with Crippen LogP contribution in [0.5, 0.6) is 5.75 Å². The Labute approximate surface area is 200 Å². The predicted molar refractivity (Wildman–Crippen MR) is 133 cm³/mol. The van der Waals surface area contributed by atoms with Crippen LogP contribution in [0.4, 0.5) is 10.1 Å². The van der Waals surface area contributed by atoms with Crippen LogP contribution < -0.4 is 4.74 Å². The summed E-state index contributed by atoms with van der Waals surface area (Å²) < 4.78 is 21.0. The van der Waals surface area contributed by atoms with Crippen molar-refractivity contribution in [3.8, 4) is 5.75 Å². The Hall–Kier alpha value is -2.38. The Morgan fingerprint density at radius 1 is 1.22 bits per heavy atom. The number of aliphatic imine (C=N–C) groups is 1. The lowest BCUT2D eigenvalue weighted by Crippen LogP contribution is -2.40. The number of rotatable bonds is 6. The van der Waals surface area contributed by atoms with Gasteiger partial charge < -0.3 is 4.74 Å². The van der Waals surface area contributed by atoms with Gasteiger partial charge in [-0.15, -0.1) is 0 Å². The highest BCUT2D eigenvalue weighted by Gasteiger charge is 2.39. The van der Waals surface area contributed by atoms with E-state index in [1.54, 1.807) is 29.2 Å². The second-order valence-corrected chi connectivity index (χ2v) is 9.63. The molecule has 0 bridgehead atoms. The number of ether oxygens (including phenoxy) is 1. The average Bonchev–Trinajstić information content (AvgIpc) is 3.10. The fourth-order valence-electron chi connectivity index (χ4n) is 3.92. The molecule has 1 amide bonds. The van der Waals surface area contributed by atoms with Crippen molar-refractivity contribution in [3.05, 3.63) is 75.9 Å². The first kappa shape index (κ1) is 22.8. The Bertz CT molecular complexity index is 1080. The maximum absolute atomic E-state index is 14.3. The molecule has 0 aromatic heterocycles. The summed E-state index contributed by atoms with van der Waals surface area (Å²) in [6, 6.07) is 12.1. The zero-order chi connectivity index (χ0) is 22.5. The third-order valence-electron chi connectivity index (χ3n) is 5.46. The van der Waals surface area contributed by atoms with Crippen molar-refractivity contribution in [2.45, 2.75) is 38.1 Å². The van der Waals surface area contributed by atoms with Gasteiger partial charge in [0.2, 0.25) is 0 Å². The highest BCUT2D eigenvalue weighted by atomic mass is 79.9. The fourth-order valence-corrected chi connectivity index (χ4v) is 5.35. The van der Waals surface area contributed by atoms with Gasteiger partial charge in [0.1, 0.15) is 23.9 Å². The van der Waals surface area contributed by atoms with Crippen molar-refractivity contribution < 1.29 is 13.9 Å². The van der Waals surface area contributed by atoms with Crippen molar-refractivity contribution in [1.82, 2.24) is 4.90 Å². The molecule has 0 atom stereocenters. The molecule has 2 aromatic carbocycles. The van der Waals surface area contributed by atoms with Gasteiger partial charge in [0, 0.05) is 16.1 Å². The smallest absolute Gasteiger partial charge is 0.267 e. The number of hydrogen-bond donors (Lipinski definition) is 0. The minimum Gasteiger partial charge on any atom is -0.489 e. The molecular formula is C25H24BrFN2O2S. The van der Waals surface area contributed by atoms with Crippen LogP contribution in [0.2, 0.25) is 0 Å². The number of benzene rings is 2. The van der Waals surface area contributed by atoms with Gasteiger partial charge in [-0.05, 0) is 61.0 Å². The van der Waals surface area contributed by atoms with E-state index in [0.717, 1.165) is 35.7 Å². The van der Waals surface area contributed by atoms with Crippen LogP contribution in [0, 0.1) is 5.82 Å². The maximum Gasteiger partial charge on any atom is 0.267 e. The predicted octanol–water partition coefficient (Wildman–Crippen LogP) is 7.09. The van der Waals surface area contributed by atoms with Crippen molar-refractivity contribution in [2.24, 2.45) is 4.99 Å². The zero-order valence-electron chi connectivity index (χ0n) is 17.6. The summed E-state index contributed by atoms with van der Waals surface area (Å²) in [4.78, 5) is 20.4. The van der Waals surface area contributed by atoms with E-state index in [1.807, 2.05) is 24.3 Å². The van der Waals surface area contributed by atoms with Gasteiger partial charge in [-0.3, -0.25) is 9.69 Å². The Morgan fingerprint density at radius 2 is 2.00 bits per heavy atom. The molecule has 1 aliphatic carbocycles. The van der Waals surface area contributed by atoms with E-state index in [0.29, 0.717) is 22.4 Å². The number of amidine groups is 1. The van der Waals surface area contributed by atoms with Crippen LogP contribution in [0.3, 0.4) is 0 Å². The lowest BCUT2D eigenvalue weighted by atomic mass is 9.94. The fraction of sp³-hybridized carbons (Fsp3) is 0.280. The van der Waals surface area contributed by atoms with E-state index in [9.17, 15) is 9.18 Å². The highest BCUT2D eigenvalue weighted by molar-refractivity contribution is 9.10. The number of amides is 1. The van der Waals surface area contributed by atoms with Crippen LogP contribution >= 0.6 is 27.7 Å². The van der Waals surface area contributed by atoms with Crippen LogP contribution in [0.15, 0.2) is 69.5 Å². The molecule has 1 saturated heterocycles. The SMILES string of the molecule is C=CCOc1ccc(Br)cc1/C=C1\SC(=Nc2ccccc2F)N(C2CCCCC2)C1=O. The molecule has 7 heteroatoms. The molecule has 0 radical (unpaired) electrons. The molecule has 0 unspecified atom stereocenters. The van der Waals surface area contributed by atoms with E-state index >= 15 is 0 Å². The number of thioether (sulfide) groups is 1. The first-order valence-corrected chi connectivity index (χ1v) is 12.3. The molecule has 4 nitrogen and oxygen atoms in total. The van der Waals surface area contributed by atoms with Crippen molar-refractivity contribution >= 4 is 50.5 Å². The van der Waals surface area contributed by atoms with Gasteiger partial charge in [0.05, 0.1) is 4.91 Å². The quantitative estimate of drug-likeness (QED) is 0.305. The number of halogens is 2. The zero-order valence-corrected chi connectivity index (χ0v) is 20.0. The summed E-state index contributed by atoms with van der Waals surface area (Å²) in [5, 5.41) is 0.529. The van der Waals surface area contributed by atoms with E-state index in [4.69, 9.17) is 4.74 Å². The van der Waals surface area contributed by atoms with Gasteiger partial charge in [-0.2, -0.15) is 0 Å². The molecule has 2 aromatic rings. The largest absolute Gasteiger partial charge is 0.489 e. The standard InChI is InChI=1S/C25H24BrFN2O2S/c1-2-14-31-22-13-12-18(26)15-17(22)16-23-24(30)29(19-8-4-3-5-9-19)25(32-23)28-21-11-7-6-10-20(21)27/h2,6-7,10-13,15-16,19H,1,3-5,8-9,14H2/b23-16-,28-25?. The molecule has 1 heterocycles. The summed E-state index contributed by atoms with van der Waals surface area (Å²) in [5.74, 6) is 0.172. The van der Waals surface area contributed by atoms with E-state index in [2.05, 4.69) is 27.5 Å². The maximum atomic E-state index is 14.3. The second kappa shape index (κ2) is 10.5. The minimum absolute atomic E-state index is 0.0826. The molecule has 166 valence electrons. The summed E-state index contributed by atoms with van der Waals surface area (Å²) in [6.45, 7) is 4.06. The topological polar surface area (TPSA) is 41.9 Å². The summed E-state index contributed by atoms with van der Waals surface area (Å²) >= 11 is 4.78. The van der Waals surface area contributed by atoms with Crippen LogP contribution in [-0.4, -0.2) is 28.6 Å². The van der Waals surface area contributed by atoms with Crippen LogP contribution in [0.1, 0.15) is 37.7 Å². The third-order valence-corrected chi connectivity index (χ3v) is 6.94. The highest BCUT2D eigenvalue weighted by Crippen LogP contribution is 2.40. The monoisotopic (exact) mass is 514 g/mol. The van der Waals surface area contributed by atoms with E-state index in [-0.39, 0.29) is 17.6 Å². The molecule has 0 N–H and O–H groups in total. The number of hydrogen-bond acceptors (Lipinski definition) is 4. The van der Waals surface area contributed by atoms with E-state index < -0.39 is 5.82 Å².